The fourth-order valence-electron chi connectivity index (χ4n) is 3.45. The third-order valence-electron chi connectivity index (χ3n) is 4.81. The van der Waals surface area contributed by atoms with E-state index in [0.29, 0.717) is 18.0 Å². The molecule has 1 saturated carbocycles. The number of halogens is 2. The first-order chi connectivity index (χ1) is 12.6. The summed E-state index contributed by atoms with van der Waals surface area (Å²) in [6.07, 6.45) is 6.65. The second-order valence-electron chi connectivity index (χ2n) is 6.53. The van der Waals surface area contributed by atoms with Gasteiger partial charge in [-0.15, -0.1) is 4.91 Å². The van der Waals surface area contributed by atoms with E-state index >= 15 is 0 Å². The van der Waals surface area contributed by atoms with E-state index in [9.17, 15) is 13.7 Å². The van der Waals surface area contributed by atoms with Crippen LogP contribution in [0.5, 0.6) is 5.75 Å². The summed E-state index contributed by atoms with van der Waals surface area (Å²) in [6.45, 7) is 0.460. The lowest BCUT2D eigenvalue weighted by atomic mass is 9.89. The normalized spacial score (nSPS) is 14.9. The van der Waals surface area contributed by atoms with E-state index < -0.39 is 11.6 Å². The van der Waals surface area contributed by atoms with Crippen LogP contribution in [-0.2, 0) is 0 Å². The summed E-state index contributed by atoms with van der Waals surface area (Å²) >= 11 is 0. The molecule has 5 nitrogen and oxygen atoms in total. The van der Waals surface area contributed by atoms with Gasteiger partial charge in [-0.2, -0.15) is 0 Å². The summed E-state index contributed by atoms with van der Waals surface area (Å²) in [5.74, 6) is -0.208. The van der Waals surface area contributed by atoms with E-state index in [1.165, 1.54) is 42.8 Å². The minimum atomic E-state index is -0.581. The van der Waals surface area contributed by atoms with Gasteiger partial charge >= 0.3 is 0 Å². The molecule has 138 valence electrons. The minimum absolute atomic E-state index is 0.184. The van der Waals surface area contributed by atoms with Crippen LogP contribution in [0.1, 0.15) is 32.1 Å². The lowest BCUT2D eigenvalue weighted by Gasteiger charge is -2.25. The van der Waals surface area contributed by atoms with Crippen molar-refractivity contribution >= 4 is 5.82 Å². The van der Waals surface area contributed by atoms with Crippen LogP contribution in [0.3, 0.4) is 0 Å². The maximum Gasteiger partial charge on any atom is 0.152 e. The van der Waals surface area contributed by atoms with Gasteiger partial charge in [0.05, 0.1) is 18.6 Å². The van der Waals surface area contributed by atoms with Gasteiger partial charge in [-0.25, -0.2) is 18.8 Å². The van der Waals surface area contributed by atoms with Crippen molar-refractivity contribution in [3.63, 3.8) is 0 Å². The molecule has 0 N–H and O–H groups in total. The first kappa shape index (κ1) is 18.2. The molecule has 1 aromatic carbocycles. The molecule has 0 bridgehead atoms. The second-order valence-corrected chi connectivity index (χ2v) is 6.53. The van der Waals surface area contributed by atoms with Gasteiger partial charge in [0.2, 0.25) is 0 Å². The largest absolute Gasteiger partial charge is 0.496 e. The molecule has 2 aromatic rings. The van der Waals surface area contributed by atoms with Gasteiger partial charge in [-0.3, -0.25) is 0 Å². The maximum absolute atomic E-state index is 14.4. The molecule has 0 spiro atoms. The fourth-order valence-corrected chi connectivity index (χ4v) is 3.45. The number of aromatic nitrogens is 1. The predicted octanol–water partition coefficient (Wildman–Crippen LogP) is 5.10. The zero-order valence-corrected chi connectivity index (χ0v) is 14.6. The van der Waals surface area contributed by atoms with Crippen LogP contribution in [0.2, 0.25) is 0 Å². The van der Waals surface area contributed by atoms with Crippen LogP contribution in [0.25, 0.3) is 11.1 Å². The summed E-state index contributed by atoms with van der Waals surface area (Å²) in [4.78, 5) is 15.4. The van der Waals surface area contributed by atoms with Gasteiger partial charge in [-0.1, -0.05) is 19.3 Å². The molecule has 0 aliphatic heterocycles. The molecule has 0 amide bonds. The van der Waals surface area contributed by atoms with Crippen LogP contribution < -0.4 is 9.75 Å². The highest BCUT2D eigenvalue weighted by Crippen LogP contribution is 2.34. The topological polar surface area (TPSA) is 54.8 Å². The van der Waals surface area contributed by atoms with Crippen LogP contribution >= 0.6 is 0 Å². The van der Waals surface area contributed by atoms with Crippen molar-refractivity contribution in [1.29, 1.82) is 0 Å². The molecule has 1 heterocycles. The molecule has 3 rings (SSSR count). The molecule has 0 atom stereocenters. The third-order valence-corrected chi connectivity index (χ3v) is 4.81. The van der Waals surface area contributed by atoms with E-state index in [4.69, 9.17) is 4.74 Å². The van der Waals surface area contributed by atoms with E-state index in [1.54, 1.807) is 0 Å². The first-order valence-corrected chi connectivity index (χ1v) is 8.72. The average Bonchev–Trinajstić information content (AvgIpc) is 2.67. The minimum Gasteiger partial charge on any atom is -0.496 e. The molecule has 0 saturated heterocycles. The second kappa shape index (κ2) is 8.21. The summed E-state index contributed by atoms with van der Waals surface area (Å²) in [6, 6.07) is 5.31. The summed E-state index contributed by atoms with van der Waals surface area (Å²) in [5.41, 5.74) is 0.572. The Morgan fingerprint density at radius 1 is 1.19 bits per heavy atom. The number of benzene rings is 1. The number of methoxy groups -OCH3 is 1. The molecule has 0 unspecified atom stereocenters. The Morgan fingerprint density at radius 3 is 2.65 bits per heavy atom. The SMILES string of the molecule is COc1cc(F)ccc1-c1cc(N(CC2CCCCC2)N=O)ncc1F. The third kappa shape index (κ3) is 3.98. The van der Waals surface area contributed by atoms with Gasteiger partial charge in [0, 0.05) is 23.7 Å². The highest BCUT2D eigenvalue weighted by Gasteiger charge is 2.21. The van der Waals surface area contributed by atoms with Crippen molar-refractivity contribution in [3.05, 3.63) is 47.0 Å². The van der Waals surface area contributed by atoms with Gasteiger partial charge < -0.3 is 4.74 Å². The van der Waals surface area contributed by atoms with Gasteiger partial charge in [0.25, 0.3) is 0 Å². The molecule has 7 heteroatoms. The van der Waals surface area contributed by atoms with Gasteiger partial charge in [-0.05, 0) is 37.0 Å². The number of pyridine rings is 1. The molecule has 1 aromatic heterocycles. The average molecular weight is 361 g/mol. The lowest BCUT2D eigenvalue weighted by Crippen LogP contribution is -2.26. The monoisotopic (exact) mass is 361 g/mol. The molecule has 0 radical (unpaired) electrons. The van der Waals surface area contributed by atoms with Gasteiger partial charge in [0.1, 0.15) is 17.4 Å². The lowest BCUT2D eigenvalue weighted by molar-refractivity contribution is 0.358. The van der Waals surface area contributed by atoms with Crippen molar-refractivity contribution in [2.24, 2.45) is 11.2 Å². The number of nitrogens with zero attached hydrogens (tertiary/aromatic N) is 3. The van der Waals surface area contributed by atoms with E-state index in [-0.39, 0.29) is 17.1 Å². The fraction of sp³-hybridized carbons (Fsp3) is 0.421. The van der Waals surface area contributed by atoms with Gasteiger partial charge in [0.15, 0.2) is 5.82 Å². The van der Waals surface area contributed by atoms with Crippen molar-refractivity contribution in [2.45, 2.75) is 32.1 Å². The number of hydrogen-bond donors (Lipinski definition) is 0. The molecular formula is C19H21F2N3O2. The highest BCUT2D eigenvalue weighted by atomic mass is 19.1. The maximum atomic E-state index is 14.4. The number of ether oxygens (including phenoxy) is 1. The number of rotatable bonds is 6. The molecule has 1 aliphatic carbocycles. The molecule has 1 fully saturated rings. The smallest absolute Gasteiger partial charge is 0.152 e. The van der Waals surface area contributed by atoms with Crippen LogP contribution in [-0.4, -0.2) is 18.6 Å². The Morgan fingerprint density at radius 2 is 1.96 bits per heavy atom. The zero-order chi connectivity index (χ0) is 18.5. The number of anilines is 1. The van der Waals surface area contributed by atoms with Crippen LogP contribution in [0.4, 0.5) is 14.6 Å². The quantitative estimate of drug-likeness (QED) is 0.530. The first-order valence-electron chi connectivity index (χ1n) is 8.72. The number of hydrogen-bond acceptors (Lipinski definition) is 4. The predicted molar refractivity (Wildman–Crippen MR) is 95.9 cm³/mol. The van der Waals surface area contributed by atoms with Crippen molar-refractivity contribution < 1.29 is 13.5 Å². The molecule has 1 aliphatic rings. The Labute approximate surface area is 150 Å². The van der Waals surface area contributed by atoms with Crippen LogP contribution in [0.15, 0.2) is 35.7 Å². The van der Waals surface area contributed by atoms with Crippen molar-refractivity contribution in [3.8, 4) is 16.9 Å². The van der Waals surface area contributed by atoms with Crippen molar-refractivity contribution in [1.82, 2.24) is 4.98 Å². The summed E-state index contributed by atoms with van der Waals surface area (Å²) in [5, 5.41) is 4.35. The Hall–Kier alpha value is -2.57. The summed E-state index contributed by atoms with van der Waals surface area (Å²) < 4.78 is 32.9. The number of nitroso groups, excluding NO2 is 1. The zero-order valence-electron chi connectivity index (χ0n) is 14.6. The van der Waals surface area contributed by atoms with Crippen molar-refractivity contribution in [2.75, 3.05) is 18.7 Å². The Bertz CT molecular complexity index is 779. The standard InChI is InChI=1S/C19H21F2N3O2/c1-26-18-9-14(20)7-8-15(18)16-10-19(22-11-17(16)21)24(23-25)12-13-5-3-2-4-6-13/h7-11,13H,2-6,12H2,1H3. The van der Waals surface area contributed by atoms with E-state index in [1.807, 2.05) is 0 Å². The Kier molecular flexibility index (Phi) is 5.75. The van der Waals surface area contributed by atoms with E-state index in [0.717, 1.165) is 31.9 Å². The molecular weight excluding hydrogens is 340 g/mol. The Balaban J connectivity index is 1.92. The van der Waals surface area contributed by atoms with Crippen LogP contribution in [0, 0.1) is 22.5 Å². The summed E-state index contributed by atoms with van der Waals surface area (Å²) in [7, 11) is 1.39. The highest BCUT2D eigenvalue weighted by molar-refractivity contribution is 5.73. The van der Waals surface area contributed by atoms with E-state index in [2.05, 4.69) is 10.3 Å². The molecule has 26 heavy (non-hydrogen) atoms.